The number of rotatable bonds is 9. The lowest BCUT2D eigenvalue weighted by molar-refractivity contribution is 0.0690. The van der Waals surface area contributed by atoms with Crippen molar-refractivity contribution in [3.05, 3.63) is 53.9 Å². The zero-order chi connectivity index (χ0) is 16.5. The minimum atomic E-state index is -0.995. The summed E-state index contributed by atoms with van der Waals surface area (Å²) in [4.78, 5) is 14.8. The maximum Gasteiger partial charge on any atom is 0.354 e. The van der Waals surface area contributed by atoms with Crippen LogP contribution in [0.3, 0.4) is 0 Å². The van der Waals surface area contributed by atoms with Crippen molar-refractivity contribution in [2.24, 2.45) is 0 Å². The van der Waals surface area contributed by atoms with E-state index in [4.69, 9.17) is 5.11 Å². The number of benzene rings is 1. The van der Waals surface area contributed by atoms with Crippen molar-refractivity contribution in [3.63, 3.8) is 0 Å². The fraction of sp³-hybridized carbons (Fsp3) is 0.400. The molecule has 0 saturated heterocycles. The largest absolute Gasteiger partial charge is 0.477 e. The van der Waals surface area contributed by atoms with Crippen LogP contribution < -0.4 is 0 Å². The van der Waals surface area contributed by atoms with Crippen LogP contribution in [0.2, 0.25) is 0 Å². The van der Waals surface area contributed by atoms with E-state index in [0.29, 0.717) is 0 Å². The van der Waals surface area contributed by atoms with E-state index in [1.807, 2.05) is 0 Å². The Bertz CT molecular complexity index is 603. The van der Waals surface area contributed by atoms with E-state index in [-0.39, 0.29) is 5.69 Å². The minimum Gasteiger partial charge on any atom is -0.477 e. The van der Waals surface area contributed by atoms with Gasteiger partial charge in [-0.2, -0.15) is 0 Å². The fourth-order valence-electron chi connectivity index (χ4n) is 2.66. The summed E-state index contributed by atoms with van der Waals surface area (Å²) < 4.78 is 0. The van der Waals surface area contributed by atoms with Crippen LogP contribution in [0.25, 0.3) is 11.1 Å². The van der Waals surface area contributed by atoms with Gasteiger partial charge in [-0.1, -0.05) is 69.4 Å². The van der Waals surface area contributed by atoms with Crippen molar-refractivity contribution in [2.75, 3.05) is 0 Å². The molecule has 1 aromatic carbocycles. The Morgan fingerprint density at radius 1 is 0.913 bits per heavy atom. The van der Waals surface area contributed by atoms with Gasteiger partial charge in [0.25, 0.3) is 0 Å². The molecule has 2 rings (SSSR count). The molecule has 0 aliphatic carbocycles. The number of nitrogens with zero attached hydrogens (tertiary/aromatic N) is 1. The summed E-state index contributed by atoms with van der Waals surface area (Å²) in [6.45, 7) is 2.24. The van der Waals surface area contributed by atoms with E-state index in [9.17, 15) is 4.79 Å². The highest BCUT2D eigenvalue weighted by Crippen LogP contribution is 2.20. The van der Waals surface area contributed by atoms with E-state index < -0.39 is 5.97 Å². The van der Waals surface area contributed by atoms with Gasteiger partial charge in [0.05, 0.1) is 0 Å². The second-order valence-electron chi connectivity index (χ2n) is 5.95. The van der Waals surface area contributed by atoms with Crippen LogP contribution in [-0.4, -0.2) is 16.1 Å². The van der Waals surface area contributed by atoms with Crippen LogP contribution in [0.15, 0.2) is 42.6 Å². The summed E-state index contributed by atoms with van der Waals surface area (Å²) in [5.74, 6) is -0.995. The Balaban J connectivity index is 1.85. The average molecular weight is 311 g/mol. The maximum absolute atomic E-state index is 10.8. The van der Waals surface area contributed by atoms with Crippen LogP contribution in [-0.2, 0) is 6.42 Å². The van der Waals surface area contributed by atoms with Crippen molar-refractivity contribution in [1.82, 2.24) is 4.98 Å². The smallest absolute Gasteiger partial charge is 0.354 e. The normalized spacial score (nSPS) is 10.7. The van der Waals surface area contributed by atoms with Crippen LogP contribution in [0.5, 0.6) is 0 Å². The number of carboxylic acids is 1. The highest BCUT2D eigenvalue weighted by molar-refractivity contribution is 5.85. The van der Waals surface area contributed by atoms with Crippen molar-refractivity contribution in [1.29, 1.82) is 0 Å². The second kappa shape index (κ2) is 9.09. The predicted molar refractivity (Wildman–Crippen MR) is 93.7 cm³/mol. The summed E-state index contributed by atoms with van der Waals surface area (Å²) in [5, 5.41) is 8.87. The monoisotopic (exact) mass is 311 g/mol. The molecule has 3 nitrogen and oxygen atoms in total. The molecule has 0 aliphatic rings. The van der Waals surface area contributed by atoms with Gasteiger partial charge in [0, 0.05) is 11.8 Å². The van der Waals surface area contributed by atoms with Crippen LogP contribution in [0.4, 0.5) is 0 Å². The van der Waals surface area contributed by atoms with Gasteiger partial charge in [-0.3, -0.25) is 0 Å². The van der Waals surface area contributed by atoms with Gasteiger partial charge >= 0.3 is 5.97 Å². The molecule has 3 heteroatoms. The topological polar surface area (TPSA) is 50.2 Å². The van der Waals surface area contributed by atoms with Crippen molar-refractivity contribution in [2.45, 2.75) is 51.9 Å². The Kier molecular flexibility index (Phi) is 6.79. The number of hydrogen-bond donors (Lipinski definition) is 1. The van der Waals surface area contributed by atoms with E-state index >= 15 is 0 Å². The van der Waals surface area contributed by atoms with Gasteiger partial charge in [-0.25, -0.2) is 9.78 Å². The number of hydrogen-bond acceptors (Lipinski definition) is 2. The summed E-state index contributed by atoms with van der Waals surface area (Å²) >= 11 is 0. The molecule has 23 heavy (non-hydrogen) atoms. The highest BCUT2D eigenvalue weighted by atomic mass is 16.4. The molecule has 0 unspecified atom stereocenters. The number of pyridine rings is 1. The first-order valence-corrected chi connectivity index (χ1v) is 8.49. The molecule has 1 N–H and O–H groups in total. The highest BCUT2D eigenvalue weighted by Gasteiger charge is 2.05. The van der Waals surface area contributed by atoms with Crippen LogP contribution in [0.1, 0.15) is 61.5 Å². The molecular weight excluding hydrogens is 286 g/mol. The first-order chi connectivity index (χ1) is 11.2. The third kappa shape index (κ3) is 5.51. The van der Waals surface area contributed by atoms with E-state index in [1.54, 1.807) is 18.3 Å². The maximum atomic E-state index is 10.8. The fourth-order valence-corrected chi connectivity index (χ4v) is 2.66. The number of unbranched alkanes of at least 4 members (excludes halogenated alkanes) is 5. The van der Waals surface area contributed by atoms with Crippen LogP contribution >= 0.6 is 0 Å². The van der Waals surface area contributed by atoms with Gasteiger partial charge < -0.3 is 5.11 Å². The lowest BCUT2D eigenvalue weighted by Gasteiger charge is -2.05. The Hall–Kier alpha value is -2.16. The number of aryl methyl sites for hydroxylation is 1. The van der Waals surface area contributed by atoms with Crippen molar-refractivity contribution in [3.8, 4) is 11.1 Å². The van der Waals surface area contributed by atoms with Crippen molar-refractivity contribution < 1.29 is 9.90 Å². The molecule has 0 amide bonds. The SMILES string of the molecule is CCCCCCCCc1ccc(-c2ccc(C(=O)O)nc2)cc1. The second-order valence-corrected chi connectivity index (χ2v) is 5.95. The molecule has 122 valence electrons. The van der Waals surface area contributed by atoms with Gasteiger partial charge in [0.15, 0.2) is 0 Å². The van der Waals surface area contributed by atoms with Gasteiger partial charge in [0.1, 0.15) is 5.69 Å². The summed E-state index contributed by atoms with van der Waals surface area (Å²) in [6, 6.07) is 11.8. The van der Waals surface area contributed by atoms with Gasteiger partial charge in [-0.05, 0) is 30.0 Å². The molecule has 2 aromatic rings. The Morgan fingerprint density at radius 2 is 1.57 bits per heavy atom. The van der Waals surface area contributed by atoms with E-state index in [1.165, 1.54) is 44.1 Å². The molecule has 0 aliphatic heterocycles. The summed E-state index contributed by atoms with van der Waals surface area (Å²) in [7, 11) is 0. The third-order valence-electron chi connectivity index (χ3n) is 4.09. The first-order valence-electron chi connectivity index (χ1n) is 8.49. The third-order valence-corrected chi connectivity index (χ3v) is 4.09. The van der Waals surface area contributed by atoms with E-state index in [0.717, 1.165) is 17.5 Å². The lowest BCUT2D eigenvalue weighted by Crippen LogP contribution is -1.99. The number of carbonyl (C=O) groups is 1. The minimum absolute atomic E-state index is 0.0773. The standard InChI is InChI=1S/C20H25NO2/c1-2-3-4-5-6-7-8-16-9-11-17(12-10-16)18-13-14-19(20(22)23)21-15-18/h9-15H,2-8H2,1H3,(H,22,23). The molecule has 0 atom stereocenters. The zero-order valence-corrected chi connectivity index (χ0v) is 13.8. The Morgan fingerprint density at radius 3 is 2.17 bits per heavy atom. The summed E-state index contributed by atoms with van der Waals surface area (Å²) in [6.07, 6.45) is 10.6. The zero-order valence-electron chi connectivity index (χ0n) is 13.8. The molecule has 0 radical (unpaired) electrons. The lowest BCUT2D eigenvalue weighted by atomic mass is 10.0. The summed E-state index contributed by atoms with van der Waals surface area (Å²) in [5.41, 5.74) is 3.45. The predicted octanol–water partition coefficient (Wildman–Crippen LogP) is 5.35. The molecule has 0 saturated carbocycles. The number of aromatic nitrogens is 1. The van der Waals surface area contributed by atoms with E-state index in [2.05, 4.69) is 36.2 Å². The number of aromatic carboxylic acids is 1. The average Bonchev–Trinajstić information content (AvgIpc) is 2.58. The van der Waals surface area contributed by atoms with Gasteiger partial charge in [-0.15, -0.1) is 0 Å². The van der Waals surface area contributed by atoms with Crippen molar-refractivity contribution >= 4 is 5.97 Å². The quantitative estimate of drug-likeness (QED) is 0.635. The first kappa shape index (κ1) is 17.2. The molecule has 0 bridgehead atoms. The molecule has 0 spiro atoms. The molecule has 1 aromatic heterocycles. The Labute approximate surface area is 138 Å². The van der Waals surface area contributed by atoms with Crippen LogP contribution in [0, 0.1) is 0 Å². The number of carboxylic acid groups (broad SMARTS) is 1. The molecular formula is C20H25NO2. The van der Waals surface area contributed by atoms with Gasteiger partial charge in [0.2, 0.25) is 0 Å². The molecule has 0 fully saturated rings. The molecule has 1 heterocycles.